The first kappa shape index (κ1) is 45.4. The number of hydrogen-bond donors (Lipinski definition) is 5. The fourth-order valence-electron chi connectivity index (χ4n) is 8.40. The minimum atomic E-state index is -1.37. The number of rotatable bonds is 20. The molecule has 0 unspecified atom stereocenters. The molecule has 0 saturated carbocycles. The maximum absolute atomic E-state index is 13.8. The second-order valence-corrected chi connectivity index (χ2v) is 17.1. The molecule has 17 nitrogen and oxygen atoms in total. The van der Waals surface area contributed by atoms with Gasteiger partial charge in [-0.25, -0.2) is 4.79 Å². The minimum Gasteiger partial charge on any atom is -0.480 e. The number of carboxylic acids is 1. The van der Waals surface area contributed by atoms with Crippen molar-refractivity contribution in [2.45, 2.75) is 114 Å². The van der Waals surface area contributed by atoms with Gasteiger partial charge in [0.1, 0.15) is 30.3 Å². The van der Waals surface area contributed by atoms with Gasteiger partial charge in [0.15, 0.2) is 0 Å². The molecule has 5 N–H and O–H groups in total. The van der Waals surface area contributed by atoms with Gasteiger partial charge in [0.25, 0.3) is 0 Å². The van der Waals surface area contributed by atoms with Gasteiger partial charge in [-0.1, -0.05) is 60.7 Å². The average Bonchev–Trinajstić information content (AvgIpc) is 3.98. The molecule has 2 fully saturated rings. The minimum absolute atomic E-state index is 0.00456. The predicted octanol–water partition coefficient (Wildman–Crippen LogP) is 3.09. The number of carbonyl (C=O) groups is 8. The van der Waals surface area contributed by atoms with Crippen LogP contribution >= 0.6 is 0 Å². The molecule has 0 spiro atoms. The van der Waals surface area contributed by atoms with Crippen LogP contribution in [-0.2, 0) is 47.8 Å². The van der Waals surface area contributed by atoms with E-state index in [1.54, 1.807) is 32.9 Å². The van der Waals surface area contributed by atoms with E-state index in [9.17, 15) is 43.5 Å². The molecule has 6 amide bonds. The molecule has 2 aromatic rings. The number of carbonyl (C=O) groups excluding carboxylic acids is 7. The number of esters is 1. The van der Waals surface area contributed by atoms with E-state index in [1.807, 2.05) is 48.5 Å². The molecule has 0 radical (unpaired) electrons. The maximum atomic E-state index is 13.8. The van der Waals surface area contributed by atoms with Crippen molar-refractivity contribution in [3.8, 4) is 11.1 Å². The van der Waals surface area contributed by atoms with Gasteiger partial charge in [0.05, 0.1) is 24.0 Å². The van der Waals surface area contributed by atoms with Crippen LogP contribution in [0.2, 0.25) is 0 Å². The predicted molar refractivity (Wildman–Crippen MR) is 222 cm³/mol. The van der Waals surface area contributed by atoms with E-state index < -0.39 is 83.5 Å². The third-order valence-corrected chi connectivity index (χ3v) is 11.4. The van der Waals surface area contributed by atoms with Crippen molar-refractivity contribution in [2.24, 2.45) is 11.8 Å². The van der Waals surface area contributed by atoms with E-state index in [0.717, 1.165) is 27.2 Å². The van der Waals surface area contributed by atoms with Crippen LogP contribution in [0, 0.1) is 11.8 Å². The zero-order chi connectivity index (χ0) is 44.7. The molecule has 2 aromatic carbocycles. The van der Waals surface area contributed by atoms with Crippen LogP contribution in [0.3, 0.4) is 0 Å². The highest BCUT2D eigenvalue weighted by Crippen LogP contribution is 2.46. The molecule has 6 rings (SSSR count). The first-order valence-corrected chi connectivity index (χ1v) is 21.1. The molecular formula is C45H55N5O12. The SMILES string of the molecule is C[C@H](NC(=O)[C@H](CCC(=O)OC(C)(C)C)NC(=O)[C@H](CCCCNC(=O)OCC1c2ccccc2-c2ccccc21)NC(=O)CCCN1C(=O)[C@@H]2[C@H](C1=O)[C@@H]1C=C[C@H]2O1)C(=O)O. The van der Waals surface area contributed by atoms with Gasteiger partial charge in [-0.3, -0.25) is 38.5 Å². The summed E-state index contributed by atoms with van der Waals surface area (Å²) in [5.41, 5.74) is 3.55. The van der Waals surface area contributed by atoms with Crippen molar-refractivity contribution >= 4 is 47.6 Å². The van der Waals surface area contributed by atoms with E-state index in [1.165, 1.54) is 6.92 Å². The van der Waals surface area contributed by atoms with Crippen molar-refractivity contribution in [3.05, 3.63) is 71.8 Å². The Kier molecular flexibility index (Phi) is 14.5. The number of nitrogens with one attached hydrogen (secondary N) is 4. The number of unbranched alkanes of at least 4 members (excludes halogenated alkanes) is 1. The topological polar surface area (TPSA) is 236 Å². The van der Waals surface area contributed by atoms with Gasteiger partial charge in [0, 0.05) is 31.8 Å². The molecule has 3 heterocycles. The zero-order valence-corrected chi connectivity index (χ0v) is 35.3. The van der Waals surface area contributed by atoms with Gasteiger partial charge in [0.2, 0.25) is 29.5 Å². The third-order valence-electron chi connectivity index (χ3n) is 11.4. The molecular weight excluding hydrogens is 803 g/mol. The number of ether oxygens (including phenoxy) is 3. The monoisotopic (exact) mass is 857 g/mol. The normalized spacial score (nSPS) is 21.0. The van der Waals surface area contributed by atoms with E-state index in [-0.39, 0.29) is 69.5 Å². The number of hydrogen-bond acceptors (Lipinski definition) is 11. The van der Waals surface area contributed by atoms with Crippen molar-refractivity contribution in [3.63, 3.8) is 0 Å². The number of nitrogens with zero attached hydrogens (tertiary/aromatic N) is 1. The summed E-state index contributed by atoms with van der Waals surface area (Å²) in [6.07, 6.45) is 2.33. The second-order valence-electron chi connectivity index (χ2n) is 17.1. The summed E-state index contributed by atoms with van der Waals surface area (Å²) in [5, 5.41) is 19.7. The summed E-state index contributed by atoms with van der Waals surface area (Å²) in [5.74, 6) is -6.07. The molecule has 2 bridgehead atoms. The van der Waals surface area contributed by atoms with E-state index in [2.05, 4.69) is 21.3 Å². The van der Waals surface area contributed by atoms with Crippen LogP contribution < -0.4 is 21.3 Å². The fraction of sp³-hybridized carbons (Fsp3) is 0.511. The van der Waals surface area contributed by atoms with Crippen molar-refractivity contribution in [1.29, 1.82) is 0 Å². The lowest BCUT2D eigenvalue weighted by molar-refractivity contribution is -0.155. The molecule has 62 heavy (non-hydrogen) atoms. The maximum Gasteiger partial charge on any atom is 0.407 e. The highest BCUT2D eigenvalue weighted by Gasteiger charge is 2.60. The van der Waals surface area contributed by atoms with Gasteiger partial charge in [-0.15, -0.1) is 0 Å². The van der Waals surface area contributed by atoms with Crippen LogP contribution in [-0.4, -0.2) is 113 Å². The summed E-state index contributed by atoms with van der Waals surface area (Å²) < 4.78 is 16.7. The Bertz CT molecular complexity index is 2020. The molecule has 17 heteroatoms. The lowest BCUT2D eigenvalue weighted by Crippen LogP contribution is -2.55. The Balaban J connectivity index is 1.04. The number of alkyl carbamates (subject to hydrolysis) is 1. The van der Waals surface area contributed by atoms with Gasteiger partial charge < -0.3 is 40.6 Å². The Morgan fingerprint density at radius 1 is 0.774 bits per heavy atom. The fourth-order valence-corrected chi connectivity index (χ4v) is 8.40. The summed E-state index contributed by atoms with van der Waals surface area (Å²) in [4.78, 5) is 105. The van der Waals surface area contributed by atoms with Gasteiger partial charge >= 0.3 is 18.0 Å². The van der Waals surface area contributed by atoms with E-state index >= 15 is 0 Å². The number of likely N-dealkylation sites (tertiary alicyclic amines) is 1. The number of amides is 6. The van der Waals surface area contributed by atoms with Gasteiger partial charge in [-0.05, 0) is 82.1 Å². The Morgan fingerprint density at radius 3 is 1.95 bits per heavy atom. The molecule has 0 aromatic heterocycles. The first-order valence-electron chi connectivity index (χ1n) is 21.1. The van der Waals surface area contributed by atoms with Crippen molar-refractivity contribution in [1.82, 2.24) is 26.2 Å². The molecule has 7 atom stereocenters. The van der Waals surface area contributed by atoms with Crippen LogP contribution in [0.15, 0.2) is 60.7 Å². The first-order chi connectivity index (χ1) is 29.5. The van der Waals surface area contributed by atoms with Gasteiger partial charge in [-0.2, -0.15) is 0 Å². The highest BCUT2D eigenvalue weighted by molar-refractivity contribution is 6.06. The van der Waals surface area contributed by atoms with E-state index in [4.69, 9.17) is 14.2 Å². The Morgan fingerprint density at radius 2 is 1.35 bits per heavy atom. The smallest absolute Gasteiger partial charge is 0.407 e. The van der Waals surface area contributed by atoms with Crippen LogP contribution in [0.25, 0.3) is 11.1 Å². The quantitative estimate of drug-likeness (QED) is 0.0560. The molecule has 1 aliphatic carbocycles. The number of fused-ring (bicyclic) bond motifs is 8. The van der Waals surface area contributed by atoms with Crippen molar-refractivity contribution < 1.29 is 57.7 Å². The Hall–Kier alpha value is -6.10. The number of benzene rings is 2. The molecule has 4 aliphatic rings. The third kappa shape index (κ3) is 10.9. The summed E-state index contributed by atoms with van der Waals surface area (Å²) in [7, 11) is 0. The summed E-state index contributed by atoms with van der Waals surface area (Å²) in [6.45, 7) is 6.60. The second kappa shape index (κ2) is 19.7. The standard InChI is InChI=1S/C45H55N5O12/c1-25(43(57)58)47-39(53)32(18-21-36(52)62-45(2,3)4)49-40(54)31(48-35(51)17-11-23-50-41(55)37-33-19-20-34(61-33)38(37)42(50)56)16-9-10-22-46-44(59)60-24-30-28-14-7-5-12-26(28)27-13-6-8-15-29(27)30/h5-8,12-15,19-20,25,30-34,37-38H,9-11,16-18,21-24H2,1-4H3,(H,46,59)(H,47,53)(H,48,51)(H,49,54)(H,57,58)/t25-,31-,32-,33-,34+,37+,38-/m0/s1. The Labute approximate surface area is 359 Å². The number of aliphatic carboxylic acids is 1. The van der Waals surface area contributed by atoms with Crippen molar-refractivity contribution in [2.75, 3.05) is 19.7 Å². The van der Waals surface area contributed by atoms with E-state index in [0.29, 0.717) is 12.8 Å². The van der Waals surface area contributed by atoms with Crippen LogP contribution in [0.5, 0.6) is 0 Å². The van der Waals surface area contributed by atoms with Crippen LogP contribution in [0.4, 0.5) is 4.79 Å². The summed E-state index contributed by atoms with van der Waals surface area (Å²) in [6, 6.07) is 12.1. The lowest BCUT2D eigenvalue weighted by Gasteiger charge is -2.25. The summed E-state index contributed by atoms with van der Waals surface area (Å²) >= 11 is 0. The number of imide groups is 1. The molecule has 3 aliphatic heterocycles. The number of carboxylic acid groups (broad SMARTS) is 1. The largest absolute Gasteiger partial charge is 0.480 e. The molecule has 2 saturated heterocycles. The molecule has 332 valence electrons. The lowest BCUT2D eigenvalue weighted by atomic mass is 9.85. The van der Waals surface area contributed by atoms with Crippen LogP contribution in [0.1, 0.15) is 89.7 Å². The highest BCUT2D eigenvalue weighted by atomic mass is 16.6. The average molecular weight is 858 g/mol. The zero-order valence-electron chi connectivity index (χ0n) is 35.3.